The van der Waals surface area contributed by atoms with Gasteiger partial charge in [-0.15, -0.1) is 0 Å². The summed E-state index contributed by atoms with van der Waals surface area (Å²) in [6, 6.07) is 7.33. The van der Waals surface area contributed by atoms with E-state index in [0.29, 0.717) is 29.3 Å². The fraction of sp³-hybridized carbons (Fsp3) is 0.400. The number of amides is 1. The molecular weight excluding hydrogens is 318 g/mol. The molecule has 1 aromatic rings. The Morgan fingerprint density at radius 2 is 1.88 bits per heavy atom. The number of nitrogens with zero attached hydrogens (tertiary/aromatic N) is 1. The normalized spacial score (nSPS) is 16.2. The first-order chi connectivity index (χ1) is 11.9. The van der Waals surface area contributed by atoms with E-state index in [0.717, 1.165) is 11.3 Å². The van der Waals surface area contributed by atoms with E-state index in [2.05, 4.69) is 0 Å². The summed E-state index contributed by atoms with van der Waals surface area (Å²) >= 11 is 0. The van der Waals surface area contributed by atoms with Gasteiger partial charge >= 0.3 is 5.97 Å². The van der Waals surface area contributed by atoms with Crippen LogP contribution in [0.25, 0.3) is 6.08 Å². The van der Waals surface area contributed by atoms with Crippen LogP contribution in [0.3, 0.4) is 0 Å². The number of methoxy groups -OCH3 is 1. The molecule has 5 nitrogen and oxygen atoms in total. The lowest BCUT2D eigenvalue weighted by Crippen LogP contribution is -2.28. The Morgan fingerprint density at radius 3 is 2.40 bits per heavy atom. The molecule has 1 heterocycles. The van der Waals surface area contributed by atoms with Gasteiger partial charge in [-0.05, 0) is 43.5 Å². The van der Waals surface area contributed by atoms with Crippen LogP contribution in [0.5, 0.6) is 5.75 Å². The fourth-order valence-electron chi connectivity index (χ4n) is 2.78. The lowest BCUT2D eigenvalue weighted by atomic mass is 10.0. The molecule has 2 rings (SSSR count). The van der Waals surface area contributed by atoms with Gasteiger partial charge in [0.15, 0.2) is 0 Å². The summed E-state index contributed by atoms with van der Waals surface area (Å²) in [5.74, 6) is 0.408. The van der Waals surface area contributed by atoms with Gasteiger partial charge in [-0.1, -0.05) is 26.0 Å². The van der Waals surface area contributed by atoms with Crippen molar-refractivity contribution in [2.75, 3.05) is 20.3 Å². The van der Waals surface area contributed by atoms with E-state index in [1.165, 1.54) is 0 Å². The first-order valence-corrected chi connectivity index (χ1v) is 8.45. The predicted octanol–water partition coefficient (Wildman–Crippen LogP) is 3.41. The Morgan fingerprint density at radius 1 is 1.24 bits per heavy atom. The molecule has 0 bridgehead atoms. The van der Waals surface area contributed by atoms with Gasteiger partial charge < -0.3 is 14.4 Å². The summed E-state index contributed by atoms with van der Waals surface area (Å²) < 4.78 is 10.3. The van der Waals surface area contributed by atoms with Crippen molar-refractivity contribution in [2.45, 2.75) is 27.7 Å². The van der Waals surface area contributed by atoms with Gasteiger partial charge in [0.2, 0.25) is 0 Å². The van der Waals surface area contributed by atoms with Gasteiger partial charge in [0, 0.05) is 12.2 Å². The van der Waals surface area contributed by atoms with Gasteiger partial charge in [-0.3, -0.25) is 4.79 Å². The van der Waals surface area contributed by atoms with E-state index < -0.39 is 5.97 Å². The SMILES string of the molecule is CCOC(=O)C1=C(C)N(CC(C)C)C(=O)C1=Cc1ccc(OC)cc1. The van der Waals surface area contributed by atoms with E-state index in [4.69, 9.17) is 9.47 Å². The summed E-state index contributed by atoms with van der Waals surface area (Å²) in [7, 11) is 1.60. The van der Waals surface area contributed by atoms with Crippen LogP contribution in [0.15, 0.2) is 41.1 Å². The van der Waals surface area contributed by atoms with E-state index >= 15 is 0 Å². The monoisotopic (exact) mass is 343 g/mol. The van der Waals surface area contributed by atoms with Crippen molar-refractivity contribution in [3.8, 4) is 5.75 Å². The minimum atomic E-state index is -0.459. The lowest BCUT2D eigenvalue weighted by Gasteiger charge is -2.19. The average Bonchev–Trinajstić information content (AvgIpc) is 2.80. The van der Waals surface area contributed by atoms with Gasteiger partial charge in [0.25, 0.3) is 5.91 Å². The molecule has 0 fully saturated rings. The minimum Gasteiger partial charge on any atom is -0.497 e. The molecule has 1 aliphatic heterocycles. The largest absolute Gasteiger partial charge is 0.497 e. The number of hydrogen-bond donors (Lipinski definition) is 0. The number of carbonyl (C=O) groups is 2. The summed E-state index contributed by atoms with van der Waals surface area (Å²) in [6.07, 6.45) is 1.73. The van der Waals surface area contributed by atoms with Gasteiger partial charge in [0.1, 0.15) is 5.75 Å². The number of ether oxygens (including phenoxy) is 2. The van der Waals surface area contributed by atoms with Crippen molar-refractivity contribution in [2.24, 2.45) is 5.92 Å². The highest BCUT2D eigenvalue weighted by atomic mass is 16.5. The maximum atomic E-state index is 12.9. The van der Waals surface area contributed by atoms with Crippen LogP contribution in [0.1, 0.15) is 33.3 Å². The Labute approximate surface area is 148 Å². The predicted molar refractivity (Wildman–Crippen MR) is 96.9 cm³/mol. The first-order valence-electron chi connectivity index (χ1n) is 8.45. The molecule has 0 spiro atoms. The number of allylic oxidation sites excluding steroid dienone is 1. The number of benzene rings is 1. The van der Waals surface area contributed by atoms with Gasteiger partial charge in [-0.25, -0.2) is 4.79 Å². The van der Waals surface area contributed by atoms with Gasteiger partial charge in [-0.2, -0.15) is 0 Å². The maximum Gasteiger partial charge on any atom is 0.340 e. The highest BCUT2D eigenvalue weighted by Gasteiger charge is 2.37. The van der Waals surface area contributed by atoms with Gasteiger partial charge in [0.05, 0.1) is 24.9 Å². The zero-order valence-electron chi connectivity index (χ0n) is 15.5. The second-order valence-corrected chi connectivity index (χ2v) is 6.32. The average molecular weight is 343 g/mol. The molecule has 1 aromatic carbocycles. The van der Waals surface area contributed by atoms with E-state index in [9.17, 15) is 9.59 Å². The first kappa shape index (κ1) is 18.8. The topological polar surface area (TPSA) is 55.8 Å². The van der Waals surface area contributed by atoms with E-state index in [1.54, 1.807) is 31.9 Å². The molecule has 0 aliphatic carbocycles. The van der Waals surface area contributed by atoms with E-state index in [1.807, 2.05) is 38.1 Å². The molecule has 0 N–H and O–H groups in total. The fourth-order valence-corrected chi connectivity index (χ4v) is 2.78. The number of hydrogen-bond acceptors (Lipinski definition) is 4. The van der Waals surface area contributed by atoms with Crippen molar-refractivity contribution < 1.29 is 19.1 Å². The summed E-state index contributed by atoms with van der Waals surface area (Å²) in [6.45, 7) is 8.45. The van der Waals surface area contributed by atoms with Crippen molar-refractivity contribution >= 4 is 18.0 Å². The molecule has 134 valence electrons. The van der Waals surface area contributed by atoms with Crippen LogP contribution < -0.4 is 4.74 Å². The summed E-state index contributed by atoms with van der Waals surface area (Å²) in [5.41, 5.74) is 2.20. The quantitative estimate of drug-likeness (QED) is 0.587. The second kappa shape index (κ2) is 8.01. The molecule has 1 aliphatic rings. The van der Waals surface area contributed by atoms with Crippen LogP contribution in [0.2, 0.25) is 0 Å². The highest BCUT2D eigenvalue weighted by Crippen LogP contribution is 2.32. The Balaban J connectivity index is 2.46. The molecule has 0 unspecified atom stereocenters. The standard InChI is InChI=1S/C20H25NO4/c1-6-25-20(23)18-14(4)21(12-13(2)3)19(22)17(18)11-15-7-9-16(24-5)10-8-15/h7-11,13H,6,12H2,1-5H3. The zero-order valence-corrected chi connectivity index (χ0v) is 15.5. The third-order valence-corrected chi connectivity index (χ3v) is 3.97. The van der Waals surface area contributed by atoms with Crippen molar-refractivity contribution in [3.05, 3.63) is 46.7 Å². The molecule has 0 saturated carbocycles. The minimum absolute atomic E-state index is 0.162. The van der Waals surface area contributed by atoms with Crippen LogP contribution in [0.4, 0.5) is 0 Å². The Bertz CT molecular complexity index is 714. The van der Waals surface area contributed by atoms with Crippen molar-refractivity contribution in [1.82, 2.24) is 4.90 Å². The number of rotatable bonds is 6. The molecule has 1 amide bonds. The summed E-state index contributed by atoms with van der Waals surface area (Å²) in [5, 5.41) is 0. The Kier molecular flexibility index (Phi) is 6.02. The third kappa shape index (κ3) is 4.10. The Hall–Kier alpha value is -2.56. The van der Waals surface area contributed by atoms with Crippen LogP contribution >= 0.6 is 0 Å². The lowest BCUT2D eigenvalue weighted by molar-refractivity contribution is -0.138. The number of esters is 1. The summed E-state index contributed by atoms with van der Waals surface area (Å²) in [4.78, 5) is 27.0. The van der Waals surface area contributed by atoms with Crippen LogP contribution in [-0.2, 0) is 14.3 Å². The second-order valence-electron chi connectivity index (χ2n) is 6.32. The van der Waals surface area contributed by atoms with Crippen molar-refractivity contribution in [1.29, 1.82) is 0 Å². The molecule has 0 atom stereocenters. The molecule has 0 saturated heterocycles. The van der Waals surface area contributed by atoms with Crippen LogP contribution in [-0.4, -0.2) is 37.0 Å². The molecule has 0 radical (unpaired) electrons. The molecule has 5 heteroatoms. The van der Waals surface area contributed by atoms with Crippen LogP contribution in [0, 0.1) is 5.92 Å². The molecule has 25 heavy (non-hydrogen) atoms. The molecule has 0 aromatic heterocycles. The molecular formula is C20H25NO4. The number of carbonyl (C=O) groups excluding carboxylic acids is 2. The maximum absolute atomic E-state index is 12.9. The third-order valence-electron chi connectivity index (χ3n) is 3.97. The van der Waals surface area contributed by atoms with E-state index in [-0.39, 0.29) is 12.5 Å². The smallest absolute Gasteiger partial charge is 0.340 e. The highest BCUT2D eigenvalue weighted by molar-refractivity contribution is 6.16. The zero-order chi connectivity index (χ0) is 18.6. The van der Waals surface area contributed by atoms with Crippen molar-refractivity contribution in [3.63, 3.8) is 0 Å².